The van der Waals surface area contributed by atoms with Gasteiger partial charge in [0.1, 0.15) is 5.01 Å². The molecule has 1 saturated heterocycles. The van der Waals surface area contributed by atoms with Gasteiger partial charge in [-0.05, 0) is 43.0 Å². The van der Waals surface area contributed by atoms with Gasteiger partial charge in [-0.1, -0.05) is 6.07 Å². The van der Waals surface area contributed by atoms with Gasteiger partial charge in [-0.15, -0.1) is 22.7 Å². The predicted molar refractivity (Wildman–Crippen MR) is 124 cm³/mol. The molecule has 0 radical (unpaired) electrons. The number of piperazine rings is 1. The van der Waals surface area contributed by atoms with Gasteiger partial charge in [0.25, 0.3) is 11.8 Å². The highest BCUT2D eigenvalue weighted by Gasteiger charge is 2.42. The molecular weight excluding hydrogens is 428 g/mol. The van der Waals surface area contributed by atoms with Crippen molar-refractivity contribution in [1.82, 2.24) is 14.8 Å². The molecule has 2 aliphatic heterocycles. The van der Waals surface area contributed by atoms with Gasteiger partial charge in [-0.25, -0.2) is 4.98 Å². The van der Waals surface area contributed by atoms with Crippen LogP contribution >= 0.6 is 22.7 Å². The van der Waals surface area contributed by atoms with Gasteiger partial charge in [0.05, 0.1) is 22.9 Å². The van der Waals surface area contributed by atoms with Crippen LogP contribution in [0.1, 0.15) is 49.1 Å². The van der Waals surface area contributed by atoms with E-state index in [1.54, 1.807) is 12.3 Å². The summed E-state index contributed by atoms with van der Waals surface area (Å²) in [5.41, 5.74) is 3.27. The van der Waals surface area contributed by atoms with Crippen molar-refractivity contribution in [1.29, 1.82) is 0 Å². The van der Waals surface area contributed by atoms with Gasteiger partial charge in [0, 0.05) is 49.2 Å². The quantitative estimate of drug-likeness (QED) is 0.543. The number of amides is 2. The molecule has 31 heavy (non-hydrogen) atoms. The highest BCUT2D eigenvalue weighted by atomic mass is 32.1. The lowest BCUT2D eigenvalue weighted by Crippen LogP contribution is -2.46. The predicted octanol–water partition coefficient (Wildman–Crippen LogP) is 4.19. The van der Waals surface area contributed by atoms with Crippen LogP contribution in [-0.2, 0) is 6.54 Å². The van der Waals surface area contributed by atoms with Crippen LogP contribution < -0.4 is 4.90 Å². The molecule has 2 amide bonds. The summed E-state index contributed by atoms with van der Waals surface area (Å²) in [7, 11) is 0. The molecular formula is C23H24N4O2S2. The summed E-state index contributed by atoms with van der Waals surface area (Å²) in [6.07, 6.45) is 1.71. The zero-order valence-corrected chi connectivity index (χ0v) is 19.2. The van der Waals surface area contributed by atoms with E-state index in [9.17, 15) is 9.59 Å². The van der Waals surface area contributed by atoms with Crippen molar-refractivity contribution in [3.8, 4) is 0 Å². The molecule has 8 heteroatoms. The Morgan fingerprint density at radius 1 is 1.03 bits per heavy atom. The molecule has 5 rings (SSSR count). The fraction of sp³-hybridized carbons (Fsp3) is 0.348. The summed E-state index contributed by atoms with van der Waals surface area (Å²) < 4.78 is 0. The standard InChI is InChI=1S/C23H24N4O2S2/c1-15-6-12-30-19(15)14-25-8-10-26(11-9-25)18-5-3-4-17-20(18)23(29)27(22(17)28)16(2)21-24-7-13-31-21/h3-7,12-13,16H,8-11,14H2,1-2H3/t16-/m1/s1. The van der Waals surface area contributed by atoms with Crippen LogP contribution in [0, 0.1) is 6.92 Å². The highest BCUT2D eigenvalue weighted by Crippen LogP contribution is 2.37. The van der Waals surface area contributed by atoms with Crippen molar-refractivity contribution in [2.75, 3.05) is 31.1 Å². The Labute approximate surface area is 189 Å². The third-order valence-electron chi connectivity index (χ3n) is 6.17. The van der Waals surface area contributed by atoms with Gasteiger partial charge in [-0.3, -0.25) is 19.4 Å². The Morgan fingerprint density at radius 3 is 2.52 bits per heavy atom. The molecule has 2 aliphatic rings. The summed E-state index contributed by atoms with van der Waals surface area (Å²) in [4.78, 5) is 38.3. The van der Waals surface area contributed by atoms with Crippen molar-refractivity contribution < 1.29 is 9.59 Å². The molecule has 160 valence electrons. The van der Waals surface area contributed by atoms with Crippen LogP contribution in [0.2, 0.25) is 0 Å². The first-order valence-electron chi connectivity index (χ1n) is 10.4. The number of anilines is 1. The number of imide groups is 1. The van der Waals surface area contributed by atoms with Crippen LogP contribution in [0.25, 0.3) is 0 Å². The normalized spacial score (nSPS) is 18.0. The zero-order chi connectivity index (χ0) is 21.5. The average molecular weight is 453 g/mol. The first kappa shape index (κ1) is 20.4. The molecule has 0 bridgehead atoms. The van der Waals surface area contributed by atoms with Crippen LogP contribution in [0.15, 0.2) is 41.2 Å². The third-order valence-corrected chi connectivity index (χ3v) is 8.12. The second kappa shape index (κ2) is 8.18. The number of hydrogen-bond donors (Lipinski definition) is 0. The topological polar surface area (TPSA) is 56.8 Å². The average Bonchev–Trinajstić information content (AvgIpc) is 3.51. The Balaban J connectivity index is 1.35. The number of aromatic nitrogens is 1. The molecule has 4 heterocycles. The van der Waals surface area contributed by atoms with Crippen LogP contribution in [0.3, 0.4) is 0 Å². The number of thiophene rings is 1. The minimum absolute atomic E-state index is 0.213. The molecule has 1 aromatic carbocycles. The highest BCUT2D eigenvalue weighted by molar-refractivity contribution is 7.10. The minimum Gasteiger partial charge on any atom is -0.368 e. The van der Waals surface area contributed by atoms with E-state index >= 15 is 0 Å². The lowest BCUT2D eigenvalue weighted by atomic mass is 10.1. The number of hydrogen-bond acceptors (Lipinski definition) is 7. The van der Waals surface area contributed by atoms with Gasteiger partial charge < -0.3 is 4.90 Å². The minimum atomic E-state index is -0.369. The number of carbonyl (C=O) groups excluding carboxylic acids is 2. The van der Waals surface area contributed by atoms with Crippen LogP contribution in [0.5, 0.6) is 0 Å². The Morgan fingerprint density at radius 2 is 1.84 bits per heavy atom. The van der Waals surface area contributed by atoms with Crippen molar-refractivity contribution in [2.45, 2.75) is 26.4 Å². The monoisotopic (exact) mass is 452 g/mol. The number of aryl methyl sites for hydroxylation is 1. The lowest BCUT2D eigenvalue weighted by molar-refractivity contribution is 0.0595. The molecule has 1 atom stereocenters. The van der Waals surface area contributed by atoms with Crippen molar-refractivity contribution >= 4 is 40.2 Å². The SMILES string of the molecule is Cc1ccsc1CN1CCN(c2cccc3c2C(=O)N([C@H](C)c2nccs2)C3=O)CC1. The number of carbonyl (C=O) groups is 2. The summed E-state index contributed by atoms with van der Waals surface area (Å²) in [6, 6.07) is 7.43. The van der Waals surface area contributed by atoms with Crippen molar-refractivity contribution in [3.63, 3.8) is 0 Å². The van der Waals surface area contributed by atoms with Gasteiger partial charge in [-0.2, -0.15) is 0 Å². The molecule has 0 spiro atoms. The van der Waals surface area contributed by atoms with E-state index in [4.69, 9.17) is 0 Å². The zero-order valence-electron chi connectivity index (χ0n) is 17.6. The first-order valence-corrected chi connectivity index (χ1v) is 12.2. The largest absolute Gasteiger partial charge is 0.368 e. The van der Waals surface area contributed by atoms with E-state index in [-0.39, 0.29) is 17.9 Å². The molecule has 0 aliphatic carbocycles. The maximum Gasteiger partial charge on any atom is 0.264 e. The summed E-state index contributed by atoms with van der Waals surface area (Å²) in [5, 5.41) is 4.79. The number of fused-ring (bicyclic) bond motifs is 1. The molecule has 3 aromatic rings. The Hall–Kier alpha value is -2.55. The van der Waals surface area contributed by atoms with Gasteiger partial charge >= 0.3 is 0 Å². The number of benzene rings is 1. The van der Waals surface area contributed by atoms with Gasteiger partial charge in [0.2, 0.25) is 0 Å². The summed E-state index contributed by atoms with van der Waals surface area (Å²) >= 11 is 3.27. The fourth-order valence-corrected chi connectivity index (χ4v) is 6.00. The second-order valence-electron chi connectivity index (χ2n) is 8.02. The molecule has 0 N–H and O–H groups in total. The summed E-state index contributed by atoms with van der Waals surface area (Å²) in [5.74, 6) is -0.439. The third kappa shape index (κ3) is 3.58. The van der Waals surface area contributed by atoms with E-state index in [2.05, 4.69) is 33.2 Å². The smallest absolute Gasteiger partial charge is 0.264 e. The van der Waals surface area contributed by atoms with Crippen LogP contribution in [0.4, 0.5) is 5.69 Å². The maximum absolute atomic E-state index is 13.4. The Kier molecular flexibility index (Phi) is 5.37. The first-order chi connectivity index (χ1) is 15.0. The molecule has 0 saturated carbocycles. The maximum atomic E-state index is 13.4. The summed E-state index contributed by atoms with van der Waals surface area (Å²) in [6.45, 7) is 8.54. The van der Waals surface area contributed by atoms with E-state index in [1.807, 2.05) is 35.8 Å². The second-order valence-corrected chi connectivity index (χ2v) is 9.94. The number of thiazole rings is 1. The van der Waals surface area contributed by atoms with E-state index < -0.39 is 0 Å². The van der Waals surface area contributed by atoms with Crippen molar-refractivity contribution in [2.24, 2.45) is 0 Å². The van der Waals surface area contributed by atoms with Crippen LogP contribution in [-0.4, -0.2) is 52.8 Å². The Bertz CT molecular complexity index is 1120. The van der Waals surface area contributed by atoms with E-state index in [1.165, 1.54) is 26.7 Å². The number of rotatable bonds is 5. The van der Waals surface area contributed by atoms with E-state index in [0.29, 0.717) is 11.1 Å². The van der Waals surface area contributed by atoms with Gasteiger partial charge in [0.15, 0.2) is 0 Å². The van der Waals surface area contributed by atoms with E-state index in [0.717, 1.165) is 43.4 Å². The fourth-order valence-electron chi connectivity index (χ4n) is 4.37. The van der Waals surface area contributed by atoms with Crippen molar-refractivity contribution in [3.05, 3.63) is 67.8 Å². The molecule has 2 aromatic heterocycles. The number of nitrogens with zero attached hydrogens (tertiary/aromatic N) is 4. The molecule has 0 unspecified atom stereocenters. The lowest BCUT2D eigenvalue weighted by Gasteiger charge is -2.36. The molecule has 1 fully saturated rings. The molecule has 6 nitrogen and oxygen atoms in total.